The third-order valence-corrected chi connectivity index (χ3v) is 5.68. The number of allylic oxidation sites excluding steroid dienone is 1. The molecule has 1 N–H and O–H groups in total. The molecular weight excluding hydrogens is 449 g/mol. The maximum absolute atomic E-state index is 12.5. The number of hydrogen-bond donors (Lipinski definition) is 1. The van der Waals surface area contributed by atoms with E-state index in [4.69, 9.17) is 37.1 Å². The monoisotopic (exact) mass is 475 g/mol. The zero-order valence-electron chi connectivity index (χ0n) is 18.8. The number of fused-ring (bicyclic) bond motifs is 1. The Morgan fingerprint density at radius 2 is 2.00 bits per heavy atom. The topological polar surface area (TPSA) is 60.7 Å². The van der Waals surface area contributed by atoms with Crippen LogP contribution in [0, 0.1) is 6.92 Å². The number of carbonyl (C=O) groups excluding carboxylic acids is 1. The summed E-state index contributed by atoms with van der Waals surface area (Å²) in [6, 6.07) is 7.25. The molecule has 170 valence electrons. The van der Waals surface area contributed by atoms with Crippen LogP contribution in [0.5, 0.6) is 5.75 Å². The van der Waals surface area contributed by atoms with Crippen LogP contribution in [-0.4, -0.2) is 32.3 Å². The molecule has 3 rings (SSSR count). The average Bonchev–Trinajstić information content (AvgIpc) is 3.14. The lowest BCUT2D eigenvalue weighted by atomic mass is 9.96. The first-order chi connectivity index (χ1) is 15.3. The highest BCUT2D eigenvalue weighted by Crippen LogP contribution is 2.42. The zero-order valence-corrected chi connectivity index (χ0v) is 20.4. The van der Waals surface area contributed by atoms with Crippen molar-refractivity contribution in [3.05, 3.63) is 57.8 Å². The largest absolute Gasteiger partial charge is 0.493 e. The van der Waals surface area contributed by atoms with E-state index >= 15 is 0 Å². The van der Waals surface area contributed by atoms with Gasteiger partial charge in [0.05, 0.1) is 24.5 Å². The van der Waals surface area contributed by atoms with Gasteiger partial charge >= 0.3 is 0 Å². The van der Waals surface area contributed by atoms with Gasteiger partial charge in [-0.2, -0.15) is 0 Å². The first-order valence-corrected chi connectivity index (χ1v) is 11.1. The number of furan rings is 1. The fourth-order valence-electron chi connectivity index (χ4n) is 3.71. The Morgan fingerprint density at radius 3 is 2.66 bits per heavy atom. The molecule has 5 nitrogen and oxygen atoms in total. The highest BCUT2D eigenvalue weighted by atomic mass is 35.5. The molecule has 0 aliphatic carbocycles. The molecule has 0 bridgehead atoms. The highest BCUT2D eigenvalue weighted by molar-refractivity contribution is 6.36. The summed E-state index contributed by atoms with van der Waals surface area (Å²) in [5, 5.41) is 4.88. The van der Waals surface area contributed by atoms with Crippen LogP contribution >= 0.6 is 23.2 Å². The van der Waals surface area contributed by atoms with Gasteiger partial charge in [-0.3, -0.25) is 4.79 Å². The number of rotatable bonds is 8. The predicted molar refractivity (Wildman–Crippen MR) is 131 cm³/mol. The van der Waals surface area contributed by atoms with E-state index in [-0.39, 0.29) is 11.9 Å². The van der Waals surface area contributed by atoms with Crippen molar-refractivity contribution in [3.8, 4) is 16.9 Å². The van der Waals surface area contributed by atoms with E-state index in [1.165, 1.54) is 0 Å². The molecule has 0 spiro atoms. The standard InChI is InChI=1S/C25H27Cl2NO4/c1-6-31-24-16(4)25-20(21(13-32-25)18-8-7-17(26)10-22(18)27)11-19(24)14(2)9-23(29)28-15(3)12-30-5/h7-11,13,15H,6,12H2,1-5H3,(H,28,29)/b14-9+. The van der Waals surface area contributed by atoms with Gasteiger partial charge in [-0.25, -0.2) is 0 Å². The van der Waals surface area contributed by atoms with Crippen LogP contribution in [0.15, 0.2) is 41.0 Å². The van der Waals surface area contributed by atoms with Crippen LogP contribution in [0.2, 0.25) is 10.0 Å². The van der Waals surface area contributed by atoms with Gasteiger partial charge in [-0.1, -0.05) is 29.3 Å². The third-order valence-electron chi connectivity index (χ3n) is 5.13. The number of halogens is 2. The number of nitrogens with one attached hydrogen (secondary N) is 1. The molecule has 0 saturated heterocycles. The van der Waals surface area contributed by atoms with Crippen LogP contribution in [0.1, 0.15) is 31.9 Å². The van der Waals surface area contributed by atoms with E-state index in [0.717, 1.165) is 33.2 Å². The Bertz CT molecular complexity index is 1170. The van der Waals surface area contributed by atoms with Gasteiger partial charge in [0.25, 0.3) is 0 Å². The van der Waals surface area contributed by atoms with Crippen molar-refractivity contribution in [2.24, 2.45) is 0 Å². The summed E-state index contributed by atoms with van der Waals surface area (Å²) in [4.78, 5) is 12.5. The maximum Gasteiger partial charge on any atom is 0.244 e. The van der Waals surface area contributed by atoms with Crippen LogP contribution in [0.3, 0.4) is 0 Å². The van der Waals surface area contributed by atoms with Gasteiger partial charge in [0.2, 0.25) is 5.91 Å². The zero-order chi connectivity index (χ0) is 23.4. The SMILES string of the molecule is CCOc1c(/C(C)=C/C(=O)NC(C)COC)cc2c(-c3ccc(Cl)cc3Cl)coc2c1C. The van der Waals surface area contributed by atoms with Crippen molar-refractivity contribution in [2.45, 2.75) is 33.7 Å². The van der Waals surface area contributed by atoms with Crippen LogP contribution in [-0.2, 0) is 9.53 Å². The Balaban J connectivity index is 2.13. The normalized spacial score (nSPS) is 12.8. The number of ether oxygens (including phenoxy) is 2. The number of amides is 1. The quantitative estimate of drug-likeness (QED) is 0.369. The molecule has 32 heavy (non-hydrogen) atoms. The molecule has 2 aromatic carbocycles. The van der Waals surface area contributed by atoms with Gasteiger partial charge in [-0.05, 0) is 51.5 Å². The Labute approximate surface area is 198 Å². The molecule has 1 aromatic heterocycles. The summed E-state index contributed by atoms with van der Waals surface area (Å²) in [5.41, 5.74) is 4.83. The first-order valence-electron chi connectivity index (χ1n) is 10.4. The van der Waals surface area contributed by atoms with Crippen molar-refractivity contribution >= 4 is 45.7 Å². The number of aryl methyl sites for hydroxylation is 1. The highest BCUT2D eigenvalue weighted by Gasteiger charge is 2.20. The molecule has 1 amide bonds. The van der Waals surface area contributed by atoms with Crippen LogP contribution in [0.25, 0.3) is 27.7 Å². The van der Waals surface area contributed by atoms with Crippen molar-refractivity contribution in [1.29, 1.82) is 0 Å². The lowest BCUT2D eigenvalue weighted by Crippen LogP contribution is -2.34. The smallest absolute Gasteiger partial charge is 0.244 e. The molecule has 7 heteroatoms. The van der Waals surface area contributed by atoms with Crippen LogP contribution < -0.4 is 10.1 Å². The summed E-state index contributed by atoms with van der Waals surface area (Å²) in [5.74, 6) is 0.495. The molecule has 1 atom stereocenters. The molecule has 3 aromatic rings. The van der Waals surface area contributed by atoms with E-state index in [2.05, 4.69) is 5.32 Å². The number of carbonyl (C=O) groups is 1. The molecule has 0 aliphatic heterocycles. The number of hydrogen-bond acceptors (Lipinski definition) is 4. The average molecular weight is 476 g/mol. The summed E-state index contributed by atoms with van der Waals surface area (Å²) in [6.45, 7) is 8.57. The van der Waals surface area contributed by atoms with Gasteiger partial charge in [0.15, 0.2) is 0 Å². The predicted octanol–water partition coefficient (Wildman–Crippen LogP) is 6.67. The van der Waals surface area contributed by atoms with Gasteiger partial charge < -0.3 is 19.2 Å². The van der Waals surface area contributed by atoms with Crippen molar-refractivity contribution in [3.63, 3.8) is 0 Å². The van der Waals surface area contributed by atoms with Gasteiger partial charge in [-0.15, -0.1) is 0 Å². The molecule has 0 saturated carbocycles. The molecule has 0 fully saturated rings. The number of benzene rings is 2. The van der Waals surface area contributed by atoms with Gasteiger partial charge in [0, 0.05) is 51.9 Å². The van der Waals surface area contributed by atoms with E-state index in [0.29, 0.717) is 34.6 Å². The molecular formula is C25H27Cl2NO4. The summed E-state index contributed by atoms with van der Waals surface area (Å²) in [6.07, 6.45) is 3.26. The van der Waals surface area contributed by atoms with E-state index in [1.807, 2.05) is 39.8 Å². The van der Waals surface area contributed by atoms with Crippen molar-refractivity contribution in [2.75, 3.05) is 20.3 Å². The first kappa shape index (κ1) is 24.2. The van der Waals surface area contributed by atoms with E-state index < -0.39 is 0 Å². The van der Waals surface area contributed by atoms with E-state index in [1.54, 1.807) is 31.6 Å². The second-order valence-corrected chi connectivity index (χ2v) is 8.50. The Hall–Kier alpha value is -2.47. The molecule has 0 aliphatic rings. The Morgan fingerprint density at radius 1 is 1.25 bits per heavy atom. The van der Waals surface area contributed by atoms with E-state index in [9.17, 15) is 4.79 Å². The summed E-state index contributed by atoms with van der Waals surface area (Å²) in [7, 11) is 1.60. The minimum Gasteiger partial charge on any atom is -0.493 e. The molecule has 0 radical (unpaired) electrons. The van der Waals surface area contributed by atoms with Gasteiger partial charge in [0.1, 0.15) is 11.3 Å². The number of methoxy groups -OCH3 is 1. The lowest BCUT2D eigenvalue weighted by molar-refractivity contribution is -0.117. The summed E-state index contributed by atoms with van der Waals surface area (Å²) >= 11 is 12.5. The lowest BCUT2D eigenvalue weighted by Gasteiger charge is -2.16. The van der Waals surface area contributed by atoms with Crippen molar-refractivity contribution in [1.82, 2.24) is 5.32 Å². The second-order valence-electron chi connectivity index (χ2n) is 7.65. The van der Waals surface area contributed by atoms with Crippen LogP contribution in [0.4, 0.5) is 0 Å². The fraction of sp³-hybridized carbons (Fsp3) is 0.320. The molecule has 1 heterocycles. The van der Waals surface area contributed by atoms with Crippen molar-refractivity contribution < 1.29 is 18.7 Å². The fourth-order valence-corrected chi connectivity index (χ4v) is 4.22. The summed E-state index contributed by atoms with van der Waals surface area (Å²) < 4.78 is 17.0. The maximum atomic E-state index is 12.5. The minimum absolute atomic E-state index is 0.0975. The minimum atomic E-state index is -0.194. The third kappa shape index (κ3) is 5.12. The Kier molecular flexibility index (Phi) is 7.88. The molecule has 1 unspecified atom stereocenters. The second kappa shape index (κ2) is 10.4.